The molecule has 9 heteroatoms. The van der Waals surface area contributed by atoms with Gasteiger partial charge in [-0.1, -0.05) is 11.6 Å². The van der Waals surface area contributed by atoms with Crippen molar-refractivity contribution < 1.29 is 13.2 Å². The Morgan fingerprint density at radius 3 is 2.60 bits per heavy atom. The molecule has 0 aliphatic carbocycles. The Labute approximate surface area is 155 Å². The fourth-order valence-electron chi connectivity index (χ4n) is 2.49. The molecular weight excluding hydrogens is 382 g/mol. The van der Waals surface area contributed by atoms with Crippen molar-refractivity contribution in [3.05, 3.63) is 51.2 Å². The number of carbonyl (C=O) groups is 1. The number of thiophene rings is 1. The zero-order valence-corrected chi connectivity index (χ0v) is 15.8. The fraction of sp³-hybridized carbons (Fsp3) is 0.312. The monoisotopic (exact) mass is 399 g/mol. The molecule has 2 aromatic rings. The summed E-state index contributed by atoms with van der Waals surface area (Å²) in [5.74, 6) is -0.225. The van der Waals surface area contributed by atoms with Gasteiger partial charge < -0.3 is 10.6 Å². The van der Waals surface area contributed by atoms with Crippen molar-refractivity contribution in [1.82, 2.24) is 14.9 Å². The zero-order chi connectivity index (χ0) is 17.9. The summed E-state index contributed by atoms with van der Waals surface area (Å²) in [5, 5.41) is 8.12. The van der Waals surface area contributed by atoms with Gasteiger partial charge in [-0.05, 0) is 30.3 Å². The van der Waals surface area contributed by atoms with Gasteiger partial charge in [0.05, 0.1) is 11.4 Å². The Morgan fingerprint density at radius 2 is 1.92 bits per heavy atom. The molecule has 2 heterocycles. The number of nitrogens with one attached hydrogen (secondary N) is 2. The number of hydrogen-bond acceptors (Lipinski definition) is 5. The minimum atomic E-state index is -3.46. The topological polar surface area (TPSA) is 78.5 Å². The van der Waals surface area contributed by atoms with Gasteiger partial charge in [-0.3, -0.25) is 4.79 Å². The molecule has 1 fully saturated rings. The molecule has 134 valence electrons. The van der Waals surface area contributed by atoms with Crippen molar-refractivity contribution in [2.75, 3.05) is 26.2 Å². The van der Waals surface area contributed by atoms with Crippen LogP contribution in [0.1, 0.15) is 15.2 Å². The number of benzene rings is 1. The van der Waals surface area contributed by atoms with E-state index in [1.807, 2.05) is 0 Å². The van der Waals surface area contributed by atoms with Crippen LogP contribution in [0, 0.1) is 0 Å². The van der Waals surface area contributed by atoms with Gasteiger partial charge in [-0.2, -0.15) is 4.31 Å². The normalized spacial score (nSPS) is 15.9. The highest BCUT2D eigenvalue weighted by Crippen LogP contribution is 2.23. The fourth-order valence-corrected chi connectivity index (χ4v) is 5.26. The van der Waals surface area contributed by atoms with Crippen LogP contribution in [0.5, 0.6) is 0 Å². The van der Waals surface area contributed by atoms with Crippen molar-refractivity contribution >= 4 is 38.9 Å². The van der Waals surface area contributed by atoms with Gasteiger partial charge >= 0.3 is 0 Å². The van der Waals surface area contributed by atoms with Crippen LogP contribution in [-0.2, 0) is 16.6 Å². The van der Waals surface area contributed by atoms with Crippen LogP contribution in [-0.4, -0.2) is 44.8 Å². The number of hydrogen-bond donors (Lipinski definition) is 2. The van der Waals surface area contributed by atoms with E-state index in [0.717, 1.165) is 4.88 Å². The maximum atomic E-state index is 12.6. The molecule has 1 aliphatic rings. The van der Waals surface area contributed by atoms with E-state index >= 15 is 0 Å². The molecule has 1 saturated heterocycles. The highest BCUT2D eigenvalue weighted by Gasteiger charge is 2.26. The van der Waals surface area contributed by atoms with E-state index in [0.29, 0.717) is 36.8 Å². The van der Waals surface area contributed by atoms with Gasteiger partial charge in [0.1, 0.15) is 0 Å². The second-order valence-electron chi connectivity index (χ2n) is 5.59. The van der Waals surface area contributed by atoms with E-state index in [-0.39, 0.29) is 17.3 Å². The molecule has 2 N–H and O–H groups in total. The molecule has 0 saturated carbocycles. The first-order valence-electron chi connectivity index (χ1n) is 7.79. The molecular formula is C16H18ClN3O3S2. The standard InChI is InChI=1S/C16H18ClN3O3S2/c17-13-3-1-12(2-4-13)16(21)19-10-14-9-15(11-24-14)25(22,23)20-7-5-18-6-8-20/h1-4,9,11,18H,5-8,10H2,(H,19,21). The van der Waals surface area contributed by atoms with Crippen molar-refractivity contribution in [3.63, 3.8) is 0 Å². The summed E-state index contributed by atoms with van der Waals surface area (Å²) in [4.78, 5) is 13.2. The lowest BCUT2D eigenvalue weighted by Crippen LogP contribution is -2.46. The molecule has 1 amide bonds. The second-order valence-corrected chi connectivity index (χ2v) is 8.96. The third kappa shape index (κ3) is 4.39. The lowest BCUT2D eigenvalue weighted by molar-refractivity contribution is 0.0951. The Kier molecular flexibility index (Phi) is 5.75. The average molecular weight is 400 g/mol. The number of sulfonamides is 1. The third-order valence-corrected chi connectivity index (χ3v) is 7.09. The first-order valence-corrected chi connectivity index (χ1v) is 10.5. The number of rotatable bonds is 5. The van der Waals surface area contributed by atoms with E-state index in [4.69, 9.17) is 11.6 Å². The van der Waals surface area contributed by atoms with Crippen LogP contribution in [0.15, 0.2) is 40.6 Å². The number of carbonyl (C=O) groups excluding carboxylic acids is 1. The van der Waals surface area contributed by atoms with Gasteiger partial charge in [-0.15, -0.1) is 11.3 Å². The smallest absolute Gasteiger partial charge is 0.251 e. The van der Waals surface area contributed by atoms with Crippen molar-refractivity contribution in [1.29, 1.82) is 0 Å². The first-order chi connectivity index (χ1) is 12.0. The number of halogens is 1. The summed E-state index contributed by atoms with van der Waals surface area (Å²) in [5.41, 5.74) is 0.509. The summed E-state index contributed by atoms with van der Waals surface area (Å²) in [6.45, 7) is 2.55. The molecule has 6 nitrogen and oxygen atoms in total. The Morgan fingerprint density at radius 1 is 1.24 bits per heavy atom. The van der Waals surface area contributed by atoms with Crippen LogP contribution in [0.4, 0.5) is 0 Å². The molecule has 25 heavy (non-hydrogen) atoms. The number of amides is 1. The predicted octanol–water partition coefficient (Wildman–Crippen LogP) is 1.93. The lowest BCUT2D eigenvalue weighted by Gasteiger charge is -2.26. The third-order valence-electron chi connectivity index (χ3n) is 3.87. The average Bonchev–Trinajstić information content (AvgIpc) is 3.11. The van der Waals surface area contributed by atoms with E-state index < -0.39 is 10.0 Å². The summed E-state index contributed by atoms with van der Waals surface area (Å²) in [6, 6.07) is 8.22. The van der Waals surface area contributed by atoms with Gasteiger partial charge in [-0.25, -0.2) is 8.42 Å². The van der Waals surface area contributed by atoms with Gasteiger partial charge in [0.2, 0.25) is 10.0 Å². The van der Waals surface area contributed by atoms with Crippen molar-refractivity contribution in [3.8, 4) is 0 Å². The predicted molar refractivity (Wildman–Crippen MR) is 98.6 cm³/mol. The maximum absolute atomic E-state index is 12.6. The van der Waals surface area contributed by atoms with Crippen LogP contribution < -0.4 is 10.6 Å². The molecule has 0 radical (unpaired) electrons. The molecule has 1 aromatic heterocycles. The first kappa shape index (κ1) is 18.3. The zero-order valence-electron chi connectivity index (χ0n) is 13.4. The van der Waals surface area contributed by atoms with E-state index in [9.17, 15) is 13.2 Å². The highest BCUT2D eigenvalue weighted by molar-refractivity contribution is 7.89. The molecule has 3 rings (SSSR count). The Balaban J connectivity index is 1.63. The summed E-state index contributed by atoms with van der Waals surface area (Å²) < 4.78 is 26.7. The quantitative estimate of drug-likeness (QED) is 0.805. The van der Waals surface area contributed by atoms with E-state index in [1.165, 1.54) is 15.6 Å². The van der Waals surface area contributed by atoms with Crippen molar-refractivity contribution in [2.24, 2.45) is 0 Å². The molecule has 0 atom stereocenters. The van der Waals surface area contributed by atoms with Gasteiger partial charge in [0, 0.05) is 47.0 Å². The van der Waals surface area contributed by atoms with Gasteiger partial charge in [0.25, 0.3) is 5.91 Å². The Hall–Kier alpha value is -1.45. The second kappa shape index (κ2) is 7.84. The molecule has 0 bridgehead atoms. The van der Waals surface area contributed by atoms with Crippen molar-refractivity contribution in [2.45, 2.75) is 11.4 Å². The lowest BCUT2D eigenvalue weighted by atomic mass is 10.2. The van der Waals surface area contributed by atoms with E-state index in [2.05, 4.69) is 10.6 Å². The van der Waals surface area contributed by atoms with Crippen LogP contribution in [0.25, 0.3) is 0 Å². The summed E-state index contributed by atoms with van der Waals surface area (Å²) in [6.07, 6.45) is 0. The highest BCUT2D eigenvalue weighted by atomic mass is 35.5. The van der Waals surface area contributed by atoms with Crippen LogP contribution in [0.2, 0.25) is 5.02 Å². The van der Waals surface area contributed by atoms with E-state index in [1.54, 1.807) is 35.7 Å². The number of piperazine rings is 1. The minimum Gasteiger partial charge on any atom is -0.347 e. The molecule has 1 aliphatic heterocycles. The molecule has 1 aromatic carbocycles. The Bertz CT molecular complexity index is 844. The molecule has 0 unspecified atom stereocenters. The number of nitrogens with zero attached hydrogens (tertiary/aromatic N) is 1. The summed E-state index contributed by atoms with van der Waals surface area (Å²) >= 11 is 7.13. The minimum absolute atomic E-state index is 0.225. The summed E-state index contributed by atoms with van der Waals surface area (Å²) in [7, 11) is -3.46. The maximum Gasteiger partial charge on any atom is 0.251 e. The molecule has 0 spiro atoms. The van der Waals surface area contributed by atoms with Crippen LogP contribution in [0.3, 0.4) is 0 Å². The SMILES string of the molecule is O=C(NCc1cc(S(=O)(=O)N2CCNCC2)cs1)c1ccc(Cl)cc1. The van der Waals surface area contributed by atoms with Gasteiger partial charge in [0.15, 0.2) is 0 Å². The van der Waals surface area contributed by atoms with Crippen LogP contribution >= 0.6 is 22.9 Å². The largest absolute Gasteiger partial charge is 0.347 e.